The van der Waals surface area contributed by atoms with Gasteiger partial charge in [0.05, 0.1) is 17.6 Å². The normalized spacial score (nSPS) is 10.4. The number of rotatable bonds is 5. The van der Waals surface area contributed by atoms with E-state index in [1.54, 1.807) is 6.07 Å². The number of pyridine rings is 1. The molecule has 5 heteroatoms. The lowest BCUT2D eigenvalue weighted by molar-refractivity contribution is 0.0948. The number of carbonyl (C=O) groups is 1. The summed E-state index contributed by atoms with van der Waals surface area (Å²) in [5.74, 6) is 0.747. The van der Waals surface area contributed by atoms with Crippen LogP contribution in [0, 0.1) is 0 Å². The minimum atomic E-state index is -0.252. The van der Waals surface area contributed by atoms with E-state index in [2.05, 4.69) is 10.3 Å². The van der Waals surface area contributed by atoms with E-state index in [9.17, 15) is 4.79 Å². The molecule has 0 saturated carbocycles. The fourth-order valence-electron chi connectivity index (χ4n) is 2.26. The number of nitrogens with one attached hydrogen (secondary N) is 1. The Morgan fingerprint density at radius 3 is 2.65 bits per heavy atom. The summed E-state index contributed by atoms with van der Waals surface area (Å²) in [6.07, 6.45) is 0. The van der Waals surface area contributed by atoms with E-state index in [4.69, 9.17) is 10.5 Å². The lowest BCUT2D eigenvalue weighted by atomic mass is 10.1. The van der Waals surface area contributed by atoms with Gasteiger partial charge in [-0.05, 0) is 24.3 Å². The molecule has 1 amide bonds. The Morgan fingerprint density at radius 1 is 1.09 bits per heavy atom. The van der Waals surface area contributed by atoms with Gasteiger partial charge in [0.15, 0.2) is 0 Å². The molecule has 0 fully saturated rings. The number of benzene rings is 2. The van der Waals surface area contributed by atoms with E-state index in [0.717, 1.165) is 16.7 Å². The van der Waals surface area contributed by atoms with E-state index in [0.29, 0.717) is 18.7 Å². The van der Waals surface area contributed by atoms with Gasteiger partial charge in [-0.3, -0.25) is 4.79 Å². The highest BCUT2D eigenvalue weighted by Crippen LogP contribution is 2.18. The number of hydrogen-bond acceptors (Lipinski definition) is 4. The van der Waals surface area contributed by atoms with Gasteiger partial charge in [-0.1, -0.05) is 36.4 Å². The monoisotopic (exact) mass is 307 g/mol. The van der Waals surface area contributed by atoms with Gasteiger partial charge in [-0.25, -0.2) is 4.98 Å². The molecule has 0 bridgehead atoms. The largest absolute Gasteiger partial charge is 0.492 e. The molecule has 0 spiro atoms. The van der Waals surface area contributed by atoms with E-state index in [1.807, 2.05) is 54.6 Å². The van der Waals surface area contributed by atoms with Gasteiger partial charge in [0, 0.05) is 5.39 Å². The number of fused-ring (bicyclic) bond motifs is 1. The van der Waals surface area contributed by atoms with E-state index in [-0.39, 0.29) is 11.7 Å². The van der Waals surface area contributed by atoms with Crippen molar-refractivity contribution in [3.05, 3.63) is 66.2 Å². The summed E-state index contributed by atoms with van der Waals surface area (Å²) in [6.45, 7) is 0.774. The number of ether oxygens (including phenoxy) is 1. The number of anilines is 1. The SMILES string of the molecule is Nc1nc2ccccc2cc1C(=O)NCCOc1ccccc1. The highest BCUT2D eigenvalue weighted by atomic mass is 16.5. The molecule has 0 atom stereocenters. The lowest BCUT2D eigenvalue weighted by Crippen LogP contribution is -2.29. The third kappa shape index (κ3) is 3.58. The predicted octanol–water partition coefficient (Wildman–Crippen LogP) is 2.63. The second-order valence-corrected chi connectivity index (χ2v) is 5.03. The predicted molar refractivity (Wildman–Crippen MR) is 90.4 cm³/mol. The van der Waals surface area contributed by atoms with Crippen molar-refractivity contribution in [2.75, 3.05) is 18.9 Å². The van der Waals surface area contributed by atoms with Crippen LogP contribution in [0.15, 0.2) is 60.7 Å². The first-order chi connectivity index (χ1) is 11.2. The number of nitrogens with zero attached hydrogens (tertiary/aromatic N) is 1. The number of para-hydroxylation sites is 2. The van der Waals surface area contributed by atoms with E-state index < -0.39 is 0 Å². The first kappa shape index (κ1) is 14.8. The molecule has 0 radical (unpaired) electrons. The van der Waals surface area contributed by atoms with Crippen molar-refractivity contribution in [3.63, 3.8) is 0 Å². The molecule has 0 saturated heterocycles. The third-order valence-corrected chi connectivity index (χ3v) is 3.40. The highest BCUT2D eigenvalue weighted by Gasteiger charge is 2.11. The second kappa shape index (κ2) is 6.79. The maximum absolute atomic E-state index is 12.2. The van der Waals surface area contributed by atoms with Crippen LogP contribution >= 0.6 is 0 Å². The molecule has 3 rings (SSSR count). The smallest absolute Gasteiger partial charge is 0.255 e. The first-order valence-corrected chi connectivity index (χ1v) is 7.35. The summed E-state index contributed by atoms with van der Waals surface area (Å²) in [7, 11) is 0. The Labute approximate surface area is 134 Å². The average molecular weight is 307 g/mol. The van der Waals surface area contributed by atoms with Crippen molar-refractivity contribution in [1.82, 2.24) is 10.3 Å². The van der Waals surface area contributed by atoms with Crippen LogP contribution in [0.25, 0.3) is 10.9 Å². The Bertz CT molecular complexity index is 819. The number of hydrogen-bond donors (Lipinski definition) is 2. The maximum atomic E-state index is 12.2. The van der Waals surface area contributed by atoms with Gasteiger partial charge in [0.25, 0.3) is 5.91 Å². The Kier molecular flexibility index (Phi) is 4.38. The van der Waals surface area contributed by atoms with Gasteiger partial charge >= 0.3 is 0 Å². The van der Waals surface area contributed by atoms with E-state index in [1.165, 1.54) is 0 Å². The van der Waals surface area contributed by atoms with Crippen LogP contribution < -0.4 is 15.8 Å². The highest BCUT2D eigenvalue weighted by molar-refractivity contribution is 6.01. The summed E-state index contributed by atoms with van der Waals surface area (Å²) in [5, 5.41) is 3.67. The quantitative estimate of drug-likeness (QED) is 0.710. The van der Waals surface area contributed by atoms with Gasteiger partial charge in [-0.2, -0.15) is 0 Å². The zero-order valence-corrected chi connectivity index (χ0v) is 12.5. The minimum absolute atomic E-state index is 0.227. The maximum Gasteiger partial charge on any atom is 0.255 e. The summed E-state index contributed by atoms with van der Waals surface area (Å²) in [6, 6.07) is 18.8. The molecule has 116 valence electrons. The Hall–Kier alpha value is -3.08. The molecule has 3 N–H and O–H groups in total. The molecule has 0 aliphatic heterocycles. The number of nitrogens with two attached hydrogens (primary N) is 1. The van der Waals surface area contributed by atoms with Crippen LogP contribution in [0.2, 0.25) is 0 Å². The van der Waals surface area contributed by atoms with Crippen LogP contribution in [0.3, 0.4) is 0 Å². The molecule has 0 aliphatic rings. The lowest BCUT2D eigenvalue weighted by Gasteiger charge is -2.09. The summed E-state index contributed by atoms with van der Waals surface area (Å²) in [4.78, 5) is 16.5. The molecule has 3 aromatic rings. The van der Waals surface area contributed by atoms with Crippen LogP contribution in [0.4, 0.5) is 5.82 Å². The van der Waals surface area contributed by atoms with Crippen LogP contribution in [0.5, 0.6) is 5.75 Å². The third-order valence-electron chi connectivity index (χ3n) is 3.40. The first-order valence-electron chi connectivity index (χ1n) is 7.35. The van der Waals surface area contributed by atoms with Crippen molar-refractivity contribution in [3.8, 4) is 5.75 Å². The number of amides is 1. The van der Waals surface area contributed by atoms with Gasteiger partial charge in [0.2, 0.25) is 0 Å². The van der Waals surface area contributed by atoms with Crippen molar-refractivity contribution in [1.29, 1.82) is 0 Å². The topological polar surface area (TPSA) is 77.2 Å². The van der Waals surface area contributed by atoms with Gasteiger partial charge < -0.3 is 15.8 Å². The summed E-state index contributed by atoms with van der Waals surface area (Å²) < 4.78 is 5.53. The Balaban J connectivity index is 1.61. The van der Waals surface area contributed by atoms with Crippen molar-refractivity contribution in [2.45, 2.75) is 0 Å². The summed E-state index contributed by atoms with van der Waals surface area (Å²) >= 11 is 0. The molecular weight excluding hydrogens is 290 g/mol. The standard InChI is InChI=1S/C18H17N3O2/c19-17-15(12-13-6-4-5-9-16(13)21-17)18(22)20-10-11-23-14-7-2-1-3-8-14/h1-9,12H,10-11H2,(H2,19,21)(H,20,22). The molecular formula is C18H17N3O2. The molecule has 0 aliphatic carbocycles. The number of nitrogen functional groups attached to an aromatic ring is 1. The van der Waals surface area contributed by atoms with Crippen LogP contribution in [-0.2, 0) is 0 Å². The minimum Gasteiger partial charge on any atom is -0.492 e. The summed E-state index contributed by atoms with van der Waals surface area (Å²) in [5.41, 5.74) is 7.03. The Morgan fingerprint density at radius 2 is 1.83 bits per heavy atom. The fraction of sp³-hybridized carbons (Fsp3) is 0.111. The van der Waals surface area contributed by atoms with E-state index >= 15 is 0 Å². The zero-order valence-electron chi connectivity index (χ0n) is 12.5. The van der Waals surface area contributed by atoms with Crippen LogP contribution in [-0.4, -0.2) is 24.0 Å². The van der Waals surface area contributed by atoms with Crippen molar-refractivity contribution < 1.29 is 9.53 Å². The molecule has 5 nitrogen and oxygen atoms in total. The van der Waals surface area contributed by atoms with Crippen molar-refractivity contribution in [2.24, 2.45) is 0 Å². The fourth-order valence-corrected chi connectivity index (χ4v) is 2.26. The second-order valence-electron chi connectivity index (χ2n) is 5.03. The van der Waals surface area contributed by atoms with Crippen molar-refractivity contribution >= 4 is 22.6 Å². The number of carbonyl (C=O) groups excluding carboxylic acids is 1. The molecule has 0 unspecified atom stereocenters. The molecule has 1 heterocycles. The molecule has 23 heavy (non-hydrogen) atoms. The molecule has 1 aromatic heterocycles. The number of aromatic nitrogens is 1. The zero-order chi connectivity index (χ0) is 16.1. The van der Waals surface area contributed by atoms with Gasteiger partial charge in [-0.15, -0.1) is 0 Å². The van der Waals surface area contributed by atoms with Crippen LogP contribution in [0.1, 0.15) is 10.4 Å². The average Bonchev–Trinajstić information content (AvgIpc) is 2.59. The van der Waals surface area contributed by atoms with Gasteiger partial charge in [0.1, 0.15) is 18.2 Å². The molecule has 2 aromatic carbocycles.